The maximum atomic E-state index is 13.9. The van der Waals surface area contributed by atoms with E-state index >= 15 is 0 Å². The minimum absolute atomic E-state index is 0.0404. The summed E-state index contributed by atoms with van der Waals surface area (Å²) in [4.78, 5) is 29.7. The summed E-state index contributed by atoms with van der Waals surface area (Å²) < 4.78 is 0. The zero-order valence-corrected chi connectivity index (χ0v) is 18.1. The molecule has 7 heteroatoms. The second-order valence-electron chi connectivity index (χ2n) is 7.75. The molecule has 5 rings (SSSR count). The number of rotatable bonds is 3. The first kappa shape index (κ1) is 19.3. The van der Waals surface area contributed by atoms with Crippen LogP contribution in [0.5, 0.6) is 0 Å². The molecule has 1 saturated carbocycles. The highest BCUT2D eigenvalue weighted by Gasteiger charge is 2.60. The molecule has 1 spiro atoms. The Morgan fingerprint density at radius 1 is 1.17 bits per heavy atom. The van der Waals surface area contributed by atoms with Crippen LogP contribution in [0.25, 0.3) is 0 Å². The molecule has 0 radical (unpaired) electrons. The minimum atomic E-state index is -1.02. The van der Waals surface area contributed by atoms with Gasteiger partial charge in [0, 0.05) is 33.8 Å². The van der Waals surface area contributed by atoms with E-state index in [2.05, 4.69) is 0 Å². The molecule has 0 unspecified atom stereocenters. The molecule has 4 nitrogen and oxygen atoms in total. The lowest BCUT2D eigenvalue weighted by Crippen LogP contribution is -2.52. The zero-order chi connectivity index (χ0) is 20.2. The number of amides is 2. The Hall–Kier alpha value is -1.69. The lowest BCUT2D eigenvalue weighted by atomic mass is 9.84. The average molecular weight is 447 g/mol. The van der Waals surface area contributed by atoms with Gasteiger partial charge >= 0.3 is 0 Å². The molecular weight excluding hydrogens is 427 g/mol. The summed E-state index contributed by atoms with van der Waals surface area (Å²) in [7, 11) is 0. The Bertz CT molecular complexity index is 1010. The van der Waals surface area contributed by atoms with Crippen LogP contribution in [0.2, 0.25) is 10.0 Å². The quantitative estimate of drug-likeness (QED) is 0.660. The second kappa shape index (κ2) is 7.22. The van der Waals surface area contributed by atoms with Gasteiger partial charge in [0.15, 0.2) is 4.87 Å². The van der Waals surface area contributed by atoms with Gasteiger partial charge in [0.2, 0.25) is 5.91 Å². The zero-order valence-electron chi connectivity index (χ0n) is 15.7. The fraction of sp³-hybridized carbons (Fsp3) is 0.364. The van der Waals surface area contributed by atoms with Gasteiger partial charge in [-0.05, 0) is 42.7 Å². The summed E-state index contributed by atoms with van der Waals surface area (Å²) in [5, 5.41) is 1.19. The number of benzene rings is 2. The summed E-state index contributed by atoms with van der Waals surface area (Å²) in [6.45, 7) is 0.943. The standard InChI is InChI=1S/C22H20Cl2N2O2S/c23-16-8-9-19-17(12-16)22(26(10-11-29-22)20(27)14-5-3-6-14)21(28)25(19)13-15-4-1-2-7-18(15)24/h1-2,4,7-9,12,14H,3,5-6,10-11,13H2/t22-/m1/s1. The average Bonchev–Trinajstić information content (AvgIpc) is 3.19. The monoisotopic (exact) mass is 446 g/mol. The number of thioether (sulfide) groups is 1. The van der Waals surface area contributed by atoms with E-state index < -0.39 is 4.87 Å². The highest BCUT2D eigenvalue weighted by atomic mass is 35.5. The molecule has 2 aromatic carbocycles. The Labute approximate surface area is 184 Å². The molecule has 29 heavy (non-hydrogen) atoms. The molecule has 2 amide bonds. The van der Waals surface area contributed by atoms with E-state index in [0.717, 1.165) is 41.8 Å². The van der Waals surface area contributed by atoms with Crippen molar-refractivity contribution in [3.8, 4) is 0 Å². The molecule has 150 valence electrons. The minimum Gasteiger partial charge on any atom is -0.315 e. The second-order valence-corrected chi connectivity index (χ2v) is 9.89. The van der Waals surface area contributed by atoms with Gasteiger partial charge in [-0.25, -0.2) is 0 Å². The van der Waals surface area contributed by atoms with Crippen LogP contribution in [-0.2, 0) is 21.0 Å². The van der Waals surface area contributed by atoms with Crippen molar-refractivity contribution in [1.82, 2.24) is 4.90 Å². The number of halogens is 2. The summed E-state index contributed by atoms with van der Waals surface area (Å²) in [5.74, 6) is 0.791. The van der Waals surface area contributed by atoms with Crippen LogP contribution >= 0.6 is 35.0 Å². The number of hydrogen-bond acceptors (Lipinski definition) is 3. The molecular formula is C22H20Cl2N2O2S. The predicted octanol–water partition coefficient (Wildman–Crippen LogP) is 5.07. The van der Waals surface area contributed by atoms with Crippen molar-refractivity contribution in [1.29, 1.82) is 0 Å². The van der Waals surface area contributed by atoms with Gasteiger partial charge in [0.05, 0.1) is 12.2 Å². The highest BCUT2D eigenvalue weighted by molar-refractivity contribution is 8.01. The van der Waals surface area contributed by atoms with Gasteiger partial charge in [-0.3, -0.25) is 9.59 Å². The summed E-state index contributed by atoms with van der Waals surface area (Å²) >= 11 is 14.2. The van der Waals surface area contributed by atoms with Gasteiger partial charge in [-0.2, -0.15) is 0 Å². The van der Waals surface area contributed by atoms with Crippen molar-refractivity contribution in [3.05, 3.63) is 63.6 Å². The van der Waals surface area contributed by atoms with E-state index in [1.165, 1.54) is 0 Å². The predicted molar refractivity (Wildman–Crippen MR) is 117 cm³/mol. The Kier molecular flexibility index (Phi) is 4.80. The van der Waals surface area contributed by atoms with Gasteiger partial charge in [-0.1, -0.05) is 47.8 Å². The lowest BCUT2D eigenvalue weighted by molar-refractivity contribution is -0.145. The number of anilines is 1. The van der Waals surface area contributed by atoms with Crippen molar-refractivity contribution >= 4 is 52.5 Å². The number of hydrogen-bond donors (Lipinski definition) is 0. The molecule has 1 saturated heterocycles. The summed E-state index contributed by atoms with van der Waals surface area (Å²) in [5.41, 5.74) is 2.50. The summed E-state index contributed by atoms with van der Waals surface area (Å²) in [6.07, 6.45) is 2.91. The van der Waals surface area contributed by atoms with E-state index in [-0.39, 0.29) is 17.7 Å². The van der Waals surface area contributed by atoms with Crippen LogP contribution in [0.4, 0.5) is 5.69 Å². The fourth-order valence-electron chi connectivity index (χ4n) is 4.44. The molecule has 0 bridgehead atoms. The Balaban J connectivity index is 1.60. The number of carbonyl (C=O) groups excluding carboxylic acids is 2. The first-order valence-corrected chi connectivity index (χ1v) is 11.6. The van der Waals surface area contributed by atoms with Crippen LogP contribution in [0.15, 0.2) is 42.5 Å². The van der Waals surface area contributed by atoms with E-state index in [1.807, 2.05) is 41.3 Å². The first-order chi connectivity index (χ1) is 14.0. The van der Waals surface area contributed by atoms with Crippen LogP contribution in [0.3, 0.4) is 0 Å². The smallest absolute Gasteiger partial charge is 0.268 e. The van der Waals surface area contributed by atoms with Gasteiger partial charge in [0.1, 0.15) is 0 Å². The van der Waals surface area contributed by atoms with Gasteiger partial charge < -0.3 is 9.80 Å². The SMILES string of the molecule is O=C(C1CCC1)N1CCS[C@]12C(=O)N(Cc1ccccc1Cl)c1ccc(Cl)cc12. The maximum absolute atomic E-state index is 13.9. The number of fused-ring (bicyclic) bond motifs is 2. The lowest BCUT2D eigenvalue weighted by Gasteiger charge is -2.37. The van der Waals surface area contributed by atoms with E-state index in [0.29, 0.717) is 23.1 Å². The molecule has 1 atom stereocenters. The van der Waals surface area contributed by atoms with Crippen molar-refractivity contribution < 1.29 is 9.59 Å². The molecule has 3 aliphatic rings. The molecule has 1 aliphatic carbocycles. The fourth-order valence-corrected chi connectivity index (χ4v) is 6.26. The normalized spacial score (nSPS) is 23.6. The van der Waals surface area contributed by atoms with Crippen molar-refractivity contribution in [2.75, 3.05) is 17.2 Å². The number of carbonyl (C=O) groups is 2. The van der Waals surface area contributed by atoms with Crippen LogP contribution in [0, 0.1) is 5.92 Å². The van der Waals surface area contributed by atoms with Crippen LogP contribution in [-0.4, -0.2) is 29.0 Å². The maximum Gasteiger partial charge on any atom is 0.268 e. The van der Waals surface area contributed by atoms with E-state index in [9.17, 15) is 9.59 Å². The van der Waals surface area contributed by atoms with Crippen molar-refractivity contribution in [2.45, 2.75) is 30.7 Å². The molecule has 2 aromatic rings. The summed E-state index contributed by atoms with van der Waals surface area (Å²) in [6, 6.07) is 13.1. The van der Waals surface area contributed by atoms with Crippen LogP contribution < -0.4 is 4.90 Å². The third-order valence-electron chi connectivity index (χ3n) is 6.16. The Morgan fingerprint density at radius 3 is 2.69 bits per heavy atom. The molecule has 0 N–H and O–H groups in total. The molecule has 2 heterocycles. The molecule has 2 aliphatic heterocycles. The largest absolute Gasteiger partial charge is 0.315 e. The van der Waals surface area contributed by atoms with E-state index in [4.69, 9.17) is 23.2 Å². The third kappa shape index (κ3) is 2.89. The van der Waals surface area contributed by atoms with E-state index in [1.54, 1.807) is 22.7 Å². The topological polar surface area (TPSA) is 40.6 Å². The van der Waals surface area contributed by atoms with Crippen molar-refractivity contribution in [3.63, 3.8) is 0 Å². The number of nitrogens with zero attached hydrogens (tertiary/aromatic N) is 2. The highest BCUT2D eigenvalue weighted by Crippen LogP contribution is 2.55. The van der Waals surface area contributed by atoms with Crippen molar-refractivity contribution in [2.24, 2.45) is 5.92 Å². The molecule has 0 aromatic heterocycles. The first-order valence-electron chi connectivity index (χ1n) is 9.83. The molecule has 2 fully saturated rings. The van der Waals surface area contributed by atoms with Gasteiger partial charge in [-0.15, -0.1) is 11.8 Å². The van der Waals surface area contributed by atoms with Crippen LogP contribution in [0.1, 0.15) is 30.4 Å². The Morgan fingerprint density at radius 2 is 1.97 bits per heavy atom. The van der Waals surface area contributed by atoms with Gasteiger partial charge in [0.25, 0.3) is 5.91 Å². The third-order valence-corrected chi connectivity index (χ3v) is 8.19.